The fourth-order valence-electron chi connectivity index (χ4n) is 1.95. The zero-order valence-electron chi connectivity index (χ0n) is 13.1. The molecule has 0 aliphatic carbocycles. The zero-order chi connectivity index (χ0) is 16.8. The summed E-state index contributed by atoms with van der Waals surface area (Å²) in [6.07, 6.45) is -3.68. The fraction of sp³-hybridized carbons (Fsp3) is 0.529. The third-order valence-corrected chi connectivity index (χ3v) is 3.27. The molecule has 0 aliphatic heterocycles. The Bertz CT molecular complexity index is 461. The average molecular weight is 316 g/mol. The Morgan fingerprint density at radius 2 is 1.73 bits per heavy atom. The molecule has 124 valence electrons. The normalized spacial score (nSPS) is 16.0. The van der Waals surface area contributed by atoms with Crippen molar-refractivity contribution in [3.8, 4) is 0 Å². The van der Waals surface area contributed by atoms with Gasteiger partial charge in [0.25, 0.3) is 0 Å². The summed E-state index contributed by atoms with van der Waals surface area (Å²) in [7, 11) is 0. The number of hydrogen-bond acceptors (Lipinski definition) is 2. The van der Waals surface area contributed by atoms with Crippen LogP contribution in [0, 0.1) is 11.3 Å². The molecule has 0 aliphatic rings. The van der Waals surface area contributed by atoms with Crippen LogP contribution in [0.15, 0.2) is 42.5 Å². The van der Waals surface area contributed by atoms with E-state index in [4.69, 9.17) is 4.74 Å². The maximum atomic E-state index is 13.0. The molecule has 5 heteroatoms. The number of benzene rings is 1. The molecule has 0 amide bonds. The summed E-state index contributed by atoms with van der Waals surface area (Å²) in [6.45, 7) is 5.14. The molecule has 0 heterocycles. The zero-order valence-corrected chi connectivity index (χ0v) is 13.1. The second-order valence-electron chi connectivity index (χ2n) is 6.31. The van der Waals surface area contributed by atoms with E-state index in [0.717, 1.165) is 11.6 Å². The average Bonchev–Trinajstić information content (AvgIpc) is 2.41. The van der Waals surface area contributed by atoms with E-state index < -0.39 is 23.6 Å². The summed E-state index contributed by atoms with van der Waals surface area (Å²) in [6, 6.07) is 9.38. The minimum absolute atomic E-state index is 0.0678. The first-order chi connectivity index (χ1) is 10.1. The van der Waals surface area contributed by atoms with E-state index in [2.05, 4.69) is 0 Å². The summed E-state index contributed by atoms with van der Waals surface area (Å²) in [5.74, 6) is -1.90. The van der Waals surface area contributed by atoms with Crippen molar-refractivity contribution in [2.75, 3.05) is 6.61 Å². The lowest BCUT2D eigenvalue weighted by atomic mass is 9.81. The highest BCUT2D eigenvalue weighted by molar-refractivity contribution is 5.13. The number of aliphatic hydroxyl groups is 1. The first-order valence-electron chi connectivity index (χ1n) is 7.15. The van der Waals surface area contributed by atoms with E-state index in [9.17, 15) is 18.3 Å². The first-order valence-corrected chi connectivity index (χ1v) is 7.15. The minimum Gasteiger partial charge on any atom is -0.392 e. The van der Waals surface area contributed by atoms with Gasteiger partial charge in [-0.1, -0.05) is 63.3 Å². The van der Waals surface area contributed by atoms with Crippen LogP contribution < -0.4 is 0 Å². The van der Waals surface area contributed by atoms with Crippen molar-refractivity contribution < 1.29 is 23.0 Å². The van der Waals surface area contributed by atoms with Gasteiger partial charge in [-0.2, -0.15) is 13.2 Å². The quantitative estimate of drug-likeness (QED) is 0.625. The van der Waals surface area contributed by atoms with E-state index in [1.807, 2.05) is 30.3 Å². The predicted molar refractivity (Wildman–Crippen MR) is 80.2 cm³/mol. The van der Waals surface area contributed by atoms with Crippen molar-refractivity contribution in [2.45, 2.75) is 39.7 Å². The van der Waals surface area contributed by atoms with Crippen LogP contribution in [-0.4, -0.2) is 24.0 Å². The van der Waals surface area contributed by atoms with E-state index in [1.54, 1.807) is 20.8 Å². The molecule has 0 saturated carbocycles. The van der Waals surface area contributed by atoms with Gasteiger partial charge in [0, 0.05) is 0 Å². The number of hydrogen-bond donors (Lipinski definition) is 1. The van der Waals surface area contributed by atoms with Gasteiger partial charge in [-0.25, -0.2) is 0 Å². The number of aliphatic hydroxyl groups excluding tert-OH is 1. The molecule has 2 nitrogen and oxygen atoms in total. The van der Waals surface area contributed by atoms with Crippen LogP contribution >= 0.6 is 0 Å². The van der Waals surface area contributed by atoms with Crippen molar-refractivity contribution in [3.63, 3.8) is 0 Å². The van der Waals surface area contributed by atoms with Crippen molar-refractivity contribution in [1.29, 1.82) is 0 Å². The molecule has 1 aromatic carbocycles. The maximum absolute atomic E-state index is 13.0. The van der Waals surface area contributed by atoms with Crippen LogP contribution in [0.4, 0.5) is 13.2 Å². The lowest BCUT2D eigenvalue weighted by Crippen LogP contribution is -2.40. The molecule has 2 atom stereocenters. The molecule has 0 spiro atoms. The molecule has 0 fully saturated rings. The molecule has 1 aromatic rings. The van der Waals surface area contributed by atoms with Crippen LogP contribution in [0.25, 0.3) is 0 Å². The third kappa shape index (κ3) is 6.20. The van der Waals surface area contributed by atoms with Crippen LogP contribution in [-0.2, 0) is 11.3 Å². The Morgan fingerprint density at radius 1 is 1.14 bits per heavy atom. The topological polar surface area (TPSA) is 29.5 Å². The maximum Gasteiger partial charge on any atom is 0.397 e. The van der Waals surface area contributed by atoms with Crippen molar-refractivity contribution in [1.82, 2.24) is 0 Å². The van der Waals surface area contributed by atoms with Gasteiger partial charge < -0.3 is 9.84 Å². The number of ether oxygens (including phenoxy) is 1. The summed E-state index contributed by atoms with van der Waals surface area (Å²) in [5, 5.41) is 9.90. The molecule has 0 radical (unpaired) electrons. The fourth-order valence-corrected chi connectivity index (χ4v) is 1.95. The van der Waals surface area contributed by atoms with Crippen molar-refractivity contribution in [3.05, 3.63) is 48.0 Å². The van der Waals surface area contributed by atoms with Gasteiger partial charge in [-0.05, 0) is 11.0 Å². The van der Waals surface area contributed by atoms with E-state index in [0.29, 0.717) is 6.61 Å². The van der Waals surface area contributed by atoms with Crippen LogP contribution in [0.2, 0.25) is 0 Å². The summed E-state index contributed by atoms with van der Waals surface area (Å²) in [4.78, 5) is 0. The minimum atomic E-state index is -4.48. The molecule has 0 saturated heterocycles. The van der Waals surface area contributed by atoms with Gasteiger partial charge in [-0.3, -0.25) is 0 Å². The molecule has 1 rings (SSSR count). The van der Waals surface area contributed by atoms with E-state index in [-0.39, 0.29) is 6.61 Å². The van der Waals surface area contributed by atoms with E-state index in [1.165, 1.54) is 6.08 Å². The summed E-state index contributed by atoms with van der Waals surface area (Å²) >= 11 is 0. The monoisotopic (exact) mass is 316 g/mol. The smallest absolute Gasteiger partial charge is 0.392 e. The Hall–Kier alpha value is -1.33. The van der Waals surface area contributed by atoms with Gasteiger partial charge in [-0.15, -0.1) is 0 Å². The Kier molecular flexibility index (Phi) is 6.63. The summed E-state index contributed by atoms with van der Waals surface area (Å²) in [5.41, 5.74) is 0.105. The van der Waals surface area contributed by atoms with Crippen LogP contribution in [0.3, 0.4) is 0 Å². The standard InChI is InChI=1S/C17H23F3O2/c1-16(2,3)15(21)14(17(18,19)20)10-7-11-22-12-13-8-5-4-6-9-13/h4-10,14-15,21H,11-12H2,1-3H3/b10-7-/t14-,15-/m0/s1. The summed E-state index contributed by atoms with van der Waals surface area (Å²) < 4.78 is 44.4. The Balaban J connectivity index is 2.56. The molecule has 0 aromatic heterocycles. The number of halogens is 3. The van der Waals surface area contributed by atoms with Crippen LogP contribution in [0.1, 0.15) is 26.3 Å². The molecule has 22 heavy (non-hydrogen) atoms. The number of alkyl halides is 3. The molecule has 0 unspecified atom stereocenters. The van der Waals surface area contributed by atoms with Crippen molar-refractivity contribution >= 4 is 0 Å². The first kappa shape index (κ1) is 18.7. The highest BCUT2D eigenvalue weighted by Gasteiger charge is 2.46. The molecular weight excluding hydrogens is 293 g/mol. The largest absolute Gasteiger partial charge is 0.397 e. The van der Waals surface area contributed by atoms with Gasteiger partial charge in [0.2, 0.25) is 0 Å². The Morgan fingerprint density at radius 3 is 2.23 bits per heavy atom. The SMILES string of the molecule is CC(C)(C)[C@@H](O)[C@H](/C=C\COCc1ccccc1)C(F)(F)F. The van der Waals surface area contributed by atoms with Gasteiger partial charge in [0.05, 0.1) is 25.2 Å². The van der Waals surface area contributed by atoms with E-state index >= 15 is 0 Å². The van der Waals surface area contributed by atoms with Gasteiger partial charge >= 0.3 is 6.18 Å². The third-order valence-electron chi connectivity index (χ3n) is 3.27. The predicted octanol–water partition coefficient (Wildman–Crippen LogP) is 4.34. The second-order valence-corrected chi connectivity index (χ2v) is 6.31. The highest BCUT2D eigenvalue weighted by atomic mass is 19.4. The number of rotatable bonds is 6. The molecular formula is C17H23F3O2. The van der Waals surface area contributed by atoms with Crippen molar-refractivity contribution in [2.24, 2.45) is 11.3 Å². The molecule has 1 N–H and O–H groups in total. The second kappa shape index (κ2) is 7.79. The lowest BCUT2D eigenvalue weighted by Gasteiger charge is -2.32. The molecule has 0 bridgehead atoms. The Labute approximate surface area is 129 Å². The van der Waals surface area contributed by atoms with Crippen LogP contribution in [0.5, 0.6) is 0 Å². The lowest BCUT2D eigenvalue weighted by molar-refractivity contribution is -0.197. The highest BCUT2D eigenvalue weighted by Crippen LogP contribution is 2.37. The van der Waals surface area contributed by atoms with Gasteiger partial charge in [0.15, 0.2) is 0 Å². The van der Waals surface area contributed by atoms with Gasteiger partial charge in [0.1, 0.15) is 0 Å².